The van der Waals surface area contributed by atoms with Gasteiger partial charge >= 0.3 is 0 Å². The first kappa shape index (κ1) is 19.4. The Balaban J connectivity index is 2.02. The first-order valence-electron chi connectivity index (χ1n) is 7.85. The van der Waals surface area contributed by atoms with E-state index in [1.807, 2.05) is 38.4 Å². The molecule has 0 aromatic heterocycles. The van der Waals surface area contributed by atoms with Crippen LogP contribution in [-0.4, -0.2) is 32.9 Å². The van der Waals surface area contributed by atoms with Gasteiger partial charge in [-0.25, -0.2) is 4.39 Å². The first-order chi connectivity index (χ1) is 11.9. The van der Waals surface area contributed by atoms with Gasteiger partial charge in [-0.2, -0.15) is 0 Å². The summed E-state index contributed by atoms with van der Waals surface area (Å²) in [6.45, 7) is 0.449. The fraction of sp³-hybridized carbons (Fsp3) is 0.278. The largest absolute Gasteiger partial charge is 0.497 e. The van der Waals surface area contributed by atoms with Gasteiger partial charge in [0.05, 0.1) is 38.3 Å². The third kappa shape index (κ3) is 5.29. The molecule has 2 rings (SSSR count). The maximum atomic E-state index is 14.2. The molecule has 0 saturated carbocycles. The number of thiocarbonyl (C=S) groups is 1. The van der Waals surface area contributed by atoms with Crippen molar-refractivity contribution in [3.8, 4) is 5.75 Å². The van der Waals surface area contributed by atoms with Gasteiger partial charge in [0.25, 0.3) is 0 Å². The molecule has 0 unspecified atom stereocenters. The maximum Gasteiger partial charge on any atom is 0.171 e. The molecule has 0 aliphatic heterocycles. The number of rotatable bonds is 6. The van der Waals surface area contributed by atoms with Gasteiger partial charge in [-0.1, -0.05) is 17.7 Å². The molecular formula is C18H22ClFN3OS+. The third-order valence-electron chi connectivity index (χ3n) is 3.86. The van der Waals surface area contributed by atoms with Crippen molar-refractivity contribution in [1.29, 1.82) is 0 Å². The van der Waals surface area contributed by atoms with Crippen molar-refractivity contribution in [2.24, 2.45) is 0 Å². The maximum absolute atomic E-state index is 14.2. The zero-order valence-corrected chi connectivity index (χ0v) is 16.0. The fourth-order valence-corrected chi connectivity index (χ4v) is 2.98. The van der Waals surface area contributed by atoms with Crippen LogP contribution in [0, 0.1) is 5.82 Å². The number of benzene rings is 2. The summed E-state index contributed by atoms with van der Waals surface area (Å²) in [7, 11) is 5.52. The van der Waals surface area contributed by atoms with Gasteiger partial charge in [-0.05, 0) is 48.6 Å². The average molecular weight is 383 g/mol. The highest BCUT2D eigenvalue weighted by Crippen LogP contribution is 2.24. The van der Waals surface area contributed by atoms with Crippen LogP contribution in [0.3, 0.4) is 0 Å². The average Bonchev–Trinajstić information content (AvgIpc) is 2.57. The van der Waals surface area contributed by atoms with Gasteiger partial charge in [-0.3, -0.25) is 0 Å². The van der Waals surface area contributed by atoms with Gasteiger partial charge in [-0.15, -0.1) is 0 Å². The van der Waals surface area contributed by atoms with Crippen molar-refractivity contribution in [1.82, 2.24) is 5.32 Å². The summed E-state index contributed by atoms with van der Waals surface area (Å²) in [5, 5.41) is 7.11. The summed E-state index contributed by atoms with van der Waals surface area (Å²) in [4.78, 5) is 1.05. The minimum atomic E-state index is -0.311. The molecule has 0 aliphatic carbocycles. The lowest BCUT2D eigenvalue weighted by molar-refractivity contribution is -0.890. The van der Waals surface area contributed by atoms with Gasteiger partial charge in [0, 0.05) is 5.69 Å². The molecule has 4 nitrogen and oxygen atoms in total. The molecule has 0 radical (unpaired) electrons. The fourth-order valence-electron chi connectivity index (χ4n) is 2.48. The Kier molecular flexibility index (Phi) is 6.99. The van der Waals surface area contributed by atoms with Crippen molar-refractivity contribution >= 4 is 34.6 Å². The monoisotopic (exact) mass is 382 g/mol. The Hall–Kier alpha value is -1.89. The molecule has 2 aromatic carbocycles. The SMILES string of the molecule is COc1ccc(NC(=S)NC[C@@H](c2c(F)cccc2Cl)[NH+](C)C)cc1. The van der Waals surface area contributed by atoms with Gasteiger partial charge in [0.2, 0.25) is 0 Å². The number of likely N-dealkylation sites (N-methyl/N-ethyl adjacent to an activating group) is 1. The standard InChI is InChI=1S/C18H21ClFN3OS/c1-23(2)16(17-14(19)5-4-6-15(17)20)11-21-18(25)22-12-7-9-13(24-3)10-8-12/h4-10,16H,11H2,1-3H3,(H2,21,22,25)/p+1/t16-/m0/s1. The van der Waals surface area contributed by atoms with Crippen molar-refractivity contribution in [3.63, 3.8) is 0 Å². The normalized spacial score (nSPS) is 11.9. The predicted molar refractivity (Wildman–Crippen MR) is 104 cm³/mol. The van der Waals surface area contributed by atoms with E-state index < -0.39 is 0 Å². The number of methoxy groups -OCH3 is 1. The lowest BCUT2D eigenvalue weighted by Gasteiger charge is -2.24. The summed E-state index contributed by atoms with van der Waals surface area (Å²) < 4.78 is 19.3. The lowest BCUT2D eigenvalue weighted by Crippen LogP contribution is -3.07. The number of hydrogen-bond donors (Lipinski definition) is 3. The second-order valence-electron chi connectivity index (χ2n) is 5.83. The molecule has 7 heteroatoms. The van der Waals surface area contributed by atoms with E-state index >= 15 is 0 Å². The van der Waals surface area contributed by atoms with Gasteiger partial charge < -0.3 is 20.3 Å². The smallest absolute Gasteiger partial charge is 0.171 e. The van der Waals surface area contributed by atoms with E-state index in [1.54, 1.807) is 19.2 Å². The number of nitrogens with one attached hydrogen (secondary N) is 3. The highest BCUT2D eigenvalue weighted by molar-refractivity contribution is 7.80. The molecule has 0 saturated heterocycles. The molecule has 2 aromatic rings. The minimum Gasteiger partial charge on any atom is -0.497 e. The van der Waals surface area contributed by atoms with Gasteiger partial charge in [0.1, 0.15) is 17.6 Å². The number of ether oxygens (including phenoxy) is 1. The Morgan fingerprint density at radius 2 is 1.92 bits per heavy atom. The van der Waals surface area contributed by atoms with Crippen LogP contribution in [0.2, 0.25) is 5.02 Å². The lowest BCUT2D eigenvalue weighted by atomic mass is 10.1. The molecule has 0 heterocycles. The molecule has 134 valence electrons. The quantitative estimate of drug-likeness (QED) is 0.671. The van der Waals surface area contributed by atoms with Crippen molar-refractivity contribution < 1.29 is 14.0 Å². The number of anilines is 1. The molecule has 3 N–H and O–H groups in total. The highest BCUT2D eigenvalue weighted by Gasteiger charge is 2.24. The van der Waals surface area contributed by atoms with E-state index in [0.717, 1.165) is 16.3 Å². The van der Waals surface area contributed by atoms with Crippen LogP contribution in [0.4, 0.5) is 10.1 Å². The second kappa shape index (κ2) is 8.99. The summed E-state index contributed by atoms with van der Waals surface area (Å²) in [6.07, 6.45) is 0. The van der Waals surface area contributed by atoms with E-state index in [2.05, 4.69) is 10.6 Å². The van der Waals surface area contributed by atoms with E-state index in [1.165, 1.54) is 6.07 Å². The van der Waals surface area contributed by atoms with Crippen LogP contribution >= 0.6 is 23.8 Å². The number of halogens is 2. The van der Waals surface area contributed by atoms with E-state index in [4.69, 9.17) is 28.6 Å². The Bertz CT molecular complexity index is 705. The molecule has 1 atom stereocenters. The molecule has 0 spiro atoms. The Labute approximate surface area is 157 Å². The number of quaternary nitrogens is 1. The molecular weight excluding hydrogens is 361 g/mol. The predicted octanol–water partition coefficient (Wildman–Crippen LogP) is 2.66. The van der Waals surface area contributed by atoms with Crippen molar-refractivity contribution in [2.45, 2.75) is 6.04 Å². The van der Waals surface area contributed by atoms with Crippen LogP contribution in [0.15, 0.2) is 42.5 Å². The summed E-state index contributed by atoms with van der Waals surface area (Å²) in [5.41, 5.74) is 1.33. The van der Waals surface area contributed by atoms with Gasteiger partial charge in [0.15, 0.2) is 5.11 Å². The third-order valence-corrected chi connectivity index (χ3v) is 4.44. The van der Waals surface area contributed by atoms with Crippen LogP contribution in [-0.2, 0) is 0 Å². The van der Waals surface area contributed by atoms with Crippen molar-refractivity contribution in [2.75, 3.05) is 33.1 Å². The second-order valence-corrected chi connectivity index (χ2v) is 6.64. The number of hydrogen-bond acceptors (Lipinski definition) is 2. The van der Waals surface area contributed by atoms with E-state index in [0.29, 0.717) is 22.2 Å². The van der Waals surface area contributed by atoms with E-state index in [-0.39, 0.29) is 11.9 Å². The zero-order chi connectivity index (χ0) is 18.4. The highest BCUT2D eigenvalue weighted by atomic mass is 35.5. The van der Waals surface area contributed by atoms with Crippen LogP contribution in [0.5, 0.6) is 5.75 Å². The summed E-state index contributed by atoms with van der Waals surface area (Å²) in [5.74, 6) is 0.462. The van der Waals surface area contributed by atoms with Crippen LogP contribution < -0.4 is 20.3 Å². The molecule has 0 bridgehead atoms. The van der Waals surface area contributed by atoms with Crippen molar-refractivity contribution in [3.05, 3.63) is 58.9 Å². The van der Waals surface area contributed by atoms with E-state index in [9.17, 15) is 4.39 Å². The summed E-state index contributed by atoms with van der Waals surface area (Å²) in [6, 6.07) is 12.0. The first-order valence-corrected chi connectivity index (χ1v) is 8.64. The molecule has 0 fully saturated rings. The molecule has 25 heavy (non-hydrogen) atoms. The Morgan fingerprint density at radius 1 is 1.24 bits per heavy atom. The zero-order valence-electron chi connectivity index (χ0n) is 14.4. The minimum absolute atomic E-state index is 0.177. The summed E-state index contributed by atoms with van der Waals surface area (Å²) >= 11 is 11.5. The molecule has 0 aliphatic rings. The topological polar surface area (TPSA) is 37.7 Å². The van der Waals surface area contributed by atoms with Crippen LogP contribution in [0.1, 0.15) is 11.6 Å². The van der Waals surface area contributed by atoms with Crippen LogP contribution in [0.25, 0.3) is 0 Å². The Morgan fingerprint density at radius 3 is 2.48 bits per heavy atom. The molecule has 0 amide bonds.